The molecule has 0 heterocycles. The number of nitrogens with one attached hydrogen (secondary N) is 1. The van der Waals surface area contributed by atoms with E-state index in [0.717, 1.165) is 5.56 Å². The van der Waals surface area contributed by atoms with E-state index in [1.165, 1.54) is 6.07 Å². The Morgan fingerprint density at radius 1 is 1.56 bits per heavy atom. The number of aliphatic hydroxyl groups is 1. The Hall–Kier alpha value is -0.960. The minimum Gasteiger partial charge on any atom is -0.382 e. The minimum atomic E-state index is -3.80. The summed E-state index contributed by atoms with van der Waals surface area (Å²) in [5, 5.41) is 9.14. The van der Waals surface area contributed by atoms with E-state index in [2.05, 4.69) is 20.7 Å². The molecule has 6 nitrogen and oxygen atoms in total. The van der Waals surface area contributed by atoms with Gasteiger partial charge in [-0.1, -0.05) is 6.07 Å². The van der Waals surface area contributed by atoms with Crippen LogP contribution in [0.4, 0.5) is 0 Å². The molecule has 18 heavy (non-hydrogen) atoms. The molecule has 0 aliphatic rings. The Labute approximate surface area is 113 Å². The van der Waals surface area contributed by atoms with Crippen LogP contribution in [0.1, 0.15) is 5.56 Å². The second-order valence-electron chi connectivity index (χ2n) is 3.70. The molecular weight excluding hydrogens is 324 g/mol. The molecule has 4 N–H and O–H groups in total. The summed E-state index contributed by atoms with van der Waals surface area (Å²) < 4.78 is 26.3. The van der Waals surface area contributed by atoms with Crippen molar-refractivity contribution in [2.75, 3.05) is 6.54 Å². The fraction of sp³-hybridized carbons (Fsp3) is 0.300. The summed E-state index contributed by atoms with van der Waals surface area (Å²) in [5.74, 6) is -0.985. The first-order valence-corrected chi connectivity index (χ1v) is 7.25. The molecule has 0 aliphatic heterocycles. The normalized spacial score (nSPS) is 13.3. The van der Waals surface area contributed by atoms with Crippen LogP contribution < -0.4 is 10.5 Å². The molecule has 0 spiro atoms. The van der Waals surface area contributed by atoms with Crippen LogP contribution in [0.2, 0.25) is 0 Å². The van der Waals surface area contributed by atoms with Crippen LogP contribution in [-0.4, -0.2) is 32.1 Å². The largest absolute Gasteiger partial charge is 0.382 e. The number of primary amides is 1. The summed E-state index contributed by atoms with van der Waals surface area (Å²) in [6, 6.07) is 4.72. The van der Waals surface area contributed by atoms with Crippen LogP contribution in [0, 0.1) is 6.92 Å². The maximum atomic E-state index is 11.9. The highest BCUT2D eigenvalue weighted by atomic mass is 79.9. The molecule has 1 rings (SSSR count). The number of hydrogen-bond donors (Lipinski definition) is 3. The first-order valence-electron chi connectivity index (χ1n) is 4.97. The third kappa shape index (κ3) is 3.77. The molecule has 0 bridgehead atoms. The lowest BCUT2D eigenvalue weighted by Gasteiger charge is -2.11. The Morgan fingerprint density at radius 3 is 2.67 bits per heavy atom. The number of benzene rings is 1. The number of amides is 1. The molecule has 100 valence electrons. The summed E-state index contributed by atoms with van der Waals surface area (Å²) in [4.78, 5) is 10.6. The highest BCUT2D eigenvalue weighted by molar-refractivity contribution is 9.10. The Bertz CT molecular complexity index is 559. The molecule has 0 aromatic heterocycles. The fourth-order valence-corrected chi connectivity index (χ4v) is 3.42. The van der Waals surface area contributed by atoms with E-state index in [1.807, 2.05) is 6.92 Å². The monoisotopic (exact) mass is 336 g/mol. The molecule has 0 aliphatic carbocycles. The van der Waals surface area contributed by atoms with Crippen LogP contribution in [0.15, 0.2) is 27.6 Å². The highest BCUT2D eigenvalue weighted by Gasteiger charge is 2.20. The Balaban J connectivity index is 2.90. The zero-order valence-electron chi connectivity index (χ0n) is 9.55. The van der Waals surface area contributed by atoms with E-state index in [0.29, 0.717) is 4.47 Å². The van der Waals surface area contributed by atoms with Crippen LogP contribution in [-0.2, 0) is 14.8 Å². The SMILES string of the molecule is Cc1ccc(S(=O)(=O)NCC(O)C(N)=O)c(Br)c1. The van der Waals surface area contributed by atoms with Gasteiger partial charge < -0.3 is 10.8 Å². The van der Waals surface area contributed by atoms with Crippen molar-refractivity contribution in [1.82, 2.24) is 4.72 Å². The van der Waals surface area contributed by atoms with Crippen molar-refractivity contribution in [3.8, 4) is 0 Å². The lowest BCUT2D eigenvalue weighted by atomic mass is 10.2. The molecule has 1 unspecified atom stereocenters. The van der Waals surface area contributed by atoms with E-state index < -0.39 is 28.6 Å². The number of aryl methyl sites for hydroxylation is 1. The molecule has 8 heteroatoms. The smallest absolute Gasteiger partial charge is 0.247 e. The first-order chi connectivity index (χ1) is 8.24. The molecule has 0 fully saturated rings. The van der Waals surface area contributed by atoms with Gasteiger partial charge in [0, 0.05) is 11.0 Å². The topological polar surface area (TPSA) is 109 Å². The summed E-state index contributed by atoms with van der Waals surface area (Å²) in [6.45, 7) is 1.36. The molecule has 1 aromatic carbocycles. The molecule has 0 saturated heterocycles. The third-order valence-corrected chi connectivity index (χ3v) is 4.57. The van der Waals surface area contributed by atoms with Gasteiger partial charge in [0.2, 0.25) is 15.9 Å². The van der Waals surface area contributed by atoms with Gasteiger partial charge in [-0.25, -0.2) is 13.1 Å². The number of halogens is 1. The number of rotatable bonds is 5. The van der Waals surface area contributed by atoms with Crippen molar-refractivity contribution in [3.63, 3.8) is 0 Å². The summed E-state index contributed by atoms with van der Waals surface area (Å²) in [7, 11) is -3.80. The minimum absolute atomic E-state index is 0.0322. The van der Waals surface area contributed by atoms with Gasteiger partial charge in [-0.05, 0) is 40.5 Å². The van der Waals surface area contributed by atoms with Crippen LogP contribution in [0.5, 0.6) is 0 Å². The van der Waals surface area contributed by atoms with Crippen molar-refractivity contribution in [2.45, 2.75) is 17.9 Å². The van der Waals surface area contributed by atoms with Gasteiger partial charge in [-0.3, -0.25) is 4.79 Å². The molecule has 1 aromatic rings. The predicted octanol–water partition coefficient (Wildman–Crippen LogP) is -0.118. The maximum absolute atomic E-state index is 11.9. The van der Waals surface area contributed by atoms with Crippen molar-refractivity contribution in [3.05, 3.63) is 28.2 Å². The van der Waals surface area contributed by atoms with Gasteiger partial charge in [0.05, 0.1) is 4.90 Å². The van der Waals surface area contributed by atoms with Crippen molar-refractivity contribution < 1.29 is 18.3 Å². The van der Waals surface area contributed by atoms with Crippen molar-refractivity contribution >= 4 is 31.9 Å². The Morgan fingerprint density at radius 2 is 2.17 bits per heavy atom. The average molecular weight is 337 g/mol. The zero-order valence-corrected chi connectivity index (χ0v) is 12.0. The van der Waals surface area contributed by atoms with Gasteiger partial charge in [0.15, 0.2) is 0 Å². The standard InChI is InChI=1S/C10H13BrN2O4S/c1-6-2-3-9(7(11)4-6)18(16,17)13-5-8(14)10(12)15/h2-4,8,13-14H,5H2,1H3,(H2,12,15). The molecule has 1 atom stereocenters. The molecular formula is C10H13BrN2O4S. The van der Waals surface area contributed by atoms with Gasteiger partial charge >= 0.3 is 0 Å². The lowest BCUT2D eigenvalue weighted by molar-refractivity contribution is -0.125. The average Bonchev–Trinajstić information content (AvgIpc) is 2.25. The van der Waals surface area contributed by atoms with Gasteiger partial charge in [-0.15, -0.1) is 0 Å². The van der Waals surface area contributed by atoms with E-state index in [9.17, 15) is 13.2 Å². The lowest BCUT2D eigenvalue weighted by Crippen LogP contribution is -2.40. The Kier molecular flexibility index (Phi) is 4.85. The van der Waals surface area contributed by atoms with Gasteiger partial charge in [0.25, 0.3) is 0 Å². The van der Waals surface area contributed by atoms with E-state index in [-0.39, 0.29) is 4.90 Å². The number of hydrogen-bond acceptors (Lipinski definition) is 4. The summed E-state index contributed by atoms with van der Waals surface area (Å²) >= 11 is 3.15. The second-order valence-corrected chi connectivity index (χ2v) is 6.29. The number of carbonyl (C=O) groups excluding carboxylic acids is 1. The van der Waals surface area contributed by atoms with Crippen LogP contribution in [0.25, 0.3) is 0 Å². The predicted molar refractivity (Wildman–Crippen MR) is 69.3 cm³/mol. The number of aliphatic hydroxyl groups excluding tert-OH is 1. The summed E-state index contributed by atoms with van der Waals surface area (Å²) in [6.07, 6.45) is -1.55. The van der Waals surface area contributed by atoms with E-state index in [1.54, 1.807) is 12.1 Å². The van der Waals surface area contributed by atoms with Crippen molar-refractivity contribution in [1.29, 1.82) is 0 Å². The van der Waals surface area contributed by atoms with E-state index in [4.69, 9.17) is 10.8 Å². The van der Waals surface area contributed by atoms with E-state index >= 15 is 0 Å². The summed E-state index contributed by atoms with van der Waals surface area (Å²) in [5.41, 5.74) is 5.72. The number of carbonyl (C=O) groups is 1. The maximum Gasteiger partial charge on any atom is 0.247 e. The number of sulfonamides is 1. The van der Waals surface area contributed by atoms with Crippen LogP contribution >= 0.6 is 15.9 Å². The number of nitrogens with two attached hydrogens (primary N) is 1. The van der Waals surface area contributed by atoms with Crippen LogP contribution in [0.3, 0.4) is 0 Å². The molecule has 1 amide bonds. The first kappa shape index (κ1) is 15.1. The zero-order chi connectivity index (χ0) is 13.9. The van der Waals surface area contributed by atoms with Gasteiger partial charge in [-0.2, -0.15) is 0 Å². The van der Waals surface area contributed by atoms with Crippen molar-refractivity contribution in [2.24, 2.45) is 5.73 Å². The highest BCUT2D eigenvalue weighted by Crippen LogP contribution is 2.22. The molecule has 0 saturated carbocycles. The fourth-order valence-electron chi connectivity index (χ4n) is 1.19. The van der Waals surface area contributed by atoms with Gasteiger partial charge in [0.1, 0.15) is 6.10 Å². The molecule has 0 radical (unpaired) electrons. The third-order valence-electron chi connectivity index (χ3n) is 2.17. The second kappa shape index (κ2) is 5.79. The quantitative estimate of drug-likeness (QED) is 0.696.